The minimum absolute atomic E-state index is 0.726. The molecule has 0 spiro atoms. The van der Waals surface area contributed by atoms with E-state index in [0.717, 1.165) is 50.4 Å². The van der Waals surface area contributed by atoms with Crippen molar-refractivity contribution in [3.05, 3.63) is 164 Å². The summed E-state index contributed by atoms with van der Waals surface area (Å²) in [6, 6.07) is 58.3. The van der Waals surface area contributed by atoms with Crippen LogP contribution >= 0.6 is 11.3 Å². The van der Waals surface area contributed by atoms with E-state index in [4.69, 9.17) is 9.97 Å². The van der Waals surface area contributed by atoms with Gasteiger partial charge in [0.1, 0.15) is 0 Å². The molecule has 0 aliphatic rings. The first-order valence-electron chi connectivity index (χ1n) is 16.2. The molecule has 0 radical (unpaired) electrons. The average molecular weight is 630 g/mol. The van der Waals surface area contributed by atoms with E-state index < -0.39 is 0 Å². The summed E-state index contributed by atoms with van der Waals surface area (Å²) in [5.41, 5.74) is 9.86. The Bertz CT molecular complexity index is 2830. The molecule has 48 heavy (non-hydrogen) atoms. The van der Waals surface area contributed by atoms with Crippen LogP contribution in [0.25, 0.3) is 92.3 Å². The zero-order valence-electron chi connectivity index (χ0n) is 25.8. The second kappa shape index (κ2) is 10.7. The molecule has 0 saturated carbocycles. The molecule has 0 fully saturated rings. The largest absolute Gasteiger partial charge is 0.309 e. The molecule has 0 saturated heterocycles. The molecule has 224 valence electrons. The lowest BCUT2D eigenvalue weighted by Crippen LogP contribution is -1.96. The van der Waals surface area contributed by atoms with Crippen LogP contribution in [0, 0.1) is 0 Å². The number of hydrogen-bond acceptors (Lipinski definition) is 3. The second-order valence-corrected chi connectivity index (χ2v) is 13.3. The highest BCUT2D eigenvalue weighted by molar-refractivity contribution is 7.26. The van der Waals surface area contributed by atoms with Gasteiger partial charge >= 0.3 is 0 Å². The Morgan fingerprint density at radius 1 is 0.417 bits per heavy atom. The minimum atomic E-state index is 0.726. The lowest BCUT2D eigenvalue weighted by Gasteiger charge is -2.12. The summed E-state index contributed by atoms with van der Waals surface area (Å²) < 4.78 is 4.88. The van der Waals surface area contributed by atoms with E-state index in [-0.39, 0.29) is 0 Å². The maximum Gasteiger partial charge on any atom is 0.160 e. The molecule has 7 aromatic carbocycles. The van der Waals surface area contributed by atoms with Gasteiger partial charge in [0.2, 0.25) is 0 Å². The van der Waals surface area contributed by atoms with Crippen molar-refractivity contribution in [1.29, 1.82) is 0 Å². The molecule has 4 heteroatoms. The van der Waals surface area contributed by atoms with Crippen LogP contribution in [-0.4, -0.2) is 14.5 Å². The zero-order valence-corrected chi connectivity index (χ0v) is 26.7. The molecule has 10 rings (SSSR count). The number of fused-ring (bicyclic) bond motifs is 8. The molecule has 3 aromatic heterocycles. The summed E-state index contributed by atoms with van der Waals surface area (Å²) in [6.45, 7) is 0. The number of nitrogens with zero attached hydrogens (tertiary/aromatic N) is 3. The minimum Gasteiger partial charge on any atom is -0.309 e. The SMILES string of the molecule is c1ccc(-c2nc(-c3cccc(-c4ccc5c(c4)c4ccccc4n5-c4ccccc4)c3)nc3ccc4sc5ccccc5c4c23)cc1. The predicted molar refractivity (Wildman–Crippen MR) is 203 cm³/mol. The molecule has 0 aliphatic heterocycles. The summed E-state index contributed by atoms with van der Waals surface area (Å²) in [5, 5.41) is 6.07. The number of rotatable bonds is 4. The Labute approximate surface area is 281 Å². The highest BCUT2D eigenvalue weighted by Crippen LogP contribution is 2.42. The summed E-state index contributed by atoms with van der Waals surface area (Å²) in [5.74, 6) is 0.726. The maximum absolute atomic E-state index is 5.33. The van der Waals surface area contributed by atoms with Gasteiger partial charge in [-0.25, -0.2) is 9.97 Å². The van der Waals surface area contributed by atoms with E-state index in [9.17, 15) is 0 Å². The summed E-state index contributed by atoms with van der Waals surface area (Å²) in [7, 11) is 0. The van der Waals surface area contributed by atoms with Gasteiger partial charge in [0, 0.05) is 53.1 Å². The van der Waals surface area contributed by atoms with Gasteiger partial charge in [-0.2, -0.15) is 0 Å². The topological polar surface area (TPSA) is 30.7 Å². The molecular formula is C44H27N3S. The van der Waals surface area contributed by atoms with Gasteiger partial charge in [-0.3, -0.25) is 0 Å². The van der Waals surface area contributed by atoms with E-state index in [1.165, 1.54) is 42.0 Å². The number of benzene rings is 7. The molecule has 0 bridgehead atoms. The highest BCUT2D eigenvalue weighted by Gasteiger charge is 2.18. The standard InChI is InChI=1S/C44H27N3S/c1-3-12-28(13-4-1)43-42-36(23-25-40-41(42)34-19-8-10-21-39(34)48-40)45-44(46-43)31-15-11-14-29(26-31)30-22-24-38-35(27-30)33-18-7-9-20-37(33)47(38)32-16-5-2-6-17-32/h1-27H. The smallest absolute Gasteiger partial charge is 0.160 e. The first kappa shape index (κ1) is 27.1. The van der Waals surface area contributed by atoms with E-state index >= 15 is 0 Å². The van der Waals surface area contributed by atoms with Gasteiger partial charge in [0.15, 0.2) is 5.82 Å². The molecular weight excluding hydrogens is 603 g/mol. The summed E-state index contributed by atoms with van der Waals surface area (Å²) in [6.07, 6.45) is 0. The van der Waals surface area contributed by atoms with E-state index in [2.05, 4.69) is 168 Å². The van der Waals surface area contributed by atoms with Crippen molar-refractivity contribution in [2.45, 2.75) is 0 Å². The van der Waals surface area contributed by atoms with Crippen LogP contribution in [0.2, 0.25) is 0 Å². The van der Waals surface area contributed by atoms with Crippen LogP contribution in [0.3, 0.4) is 0 Å². The van der Waals surface area contributed by atoms with Gasteiger partial charge < -0.3 is 4.57 Å². The van der Waals surface area contributed by atoms with Gasteiger partial charge in [-0.05, 0) is 65.7 Å². The molecule has 0 aliphatic carbocycles. The fourth-order valence-corrected chi connectivity index (χ4v) is 8.33. The Balaban J connectivity index is 1.16. The number of para-hydroxylation sites is 2. The first-order chi connectivity index (χ1) is 23.8. The highest BCUT2D eigenvalue weighted by atomic mass is 32.1. The van der Waals surface area contributed by atoms with Crippen LogP contribution < -0.4 is 0 Å². The Hall–Kier alpha value is -6.10. The van der Waals surface area contributed by atoms with Crippen LogP contribution in [0.1, 0.15) is 0 Å². The zero-order chi connectivity index (χ0) is 31.6. The van der Waals surface area contributed by atoms with Gasteiger partial charge in [0.05, 0.1) is 22.2 Å². The lowest BCUT2D eigenvalue weighted by molar-refractivity contribution is 1.18. The van der Waals surface area contributed by atoms with Crippen LogP contribution in [0.4, 0.5) is 0 Å². The molecule has 0 amide bonds. The molecule has 10 aromatic rings. The lowest BCUT2D eigenvalue weighted by atomic mass is 9.99. The molecule has 3 nitrogen and oxygen atoms in total. The predicted octanol–water partition coefficient (Wildman–Crippen LogP) is 12.1. The third kappa shape index (κ3) is 4.20. The number of thiophene rings is 1. The molecule has 0 unspecified atom stereocenters. The van der Waals surface area contributed by atoms with Crippen LogP contribution in [0.15, 0.2) is 164 Å². The van der Waals surface area contributed by atoms with Crippen molar-refractivity contribution in [1.82, 2.24) is 14.5 Å². The fraction of sp³-hybridized carbons (Fsp3) is 0. The normalized spacial score (nSPS) is 11.8. The van der Waals surface area contributed by atoms with E-state index in [1.54, 1.807) is 0 Å². The Morgan fingerprint density at radius 2 is 1.10 bits per heavy atom. The van der Waals surface area contributed by atoms with Crippen molar-refractivity contribution in [3.8, 4) is 39.5 Å². The van der Waals surface area contributed by atoms with Crippen molar-refractivity contribution in [2.75, 3.05) is 0 Å². The monoisotopic (exact) mass is 629 g/mol. The summed E-state index contributed by atoms with van der Waals surface area (Å²) >= 11 is 1.82. The fourth-order valence-electron chi connectivity index (χ4n) is 7.22. The number of hydrogen-bond donors (Lipinski definition) is 0. The number of aromatic nitrogens is 3. The van der Waals surface area contributed by atoms with Crippen molar-refractivity contribution in [2.24, 2.45) is 0 Å². The molecule has 0 N–H and O–H groups in total. The third-order valence-corrected chi connectivity index (χ3v) is 10.5. The van der Waals surface area contributed by atoms with Gasteiger partial charge in [-0.15, -0.1) is 11.3 Å². The van der Waals surface area contributed by atoms with Crippen molar-refractivity contribution < 1.29 is 0 Å². The second-order valence-electron chi connectivity index (χ2n) is 12.2. The van der Waals surface area contributed by atoms with Gasteiger partial charge in [-0.1, -0.05) is 109 Å². The van der Waals surface area contributed by atoms with Crippen LogP contribution in [0.5, 0.6) is 0 Å². The van der Waals surface area contributed by atoms with E-state index in [0.29, 0.717) is 0 Å². The van der Waals surface area contributed by atoms with Crippen molar-refractivity contribution in [3.63, 3.8) is 0 Å². The maximum atomic E-state index is 5.33. The van der Waals surface area contributed by atoms with E-state index in [1.807, 2.05) is 11.3 Å². The average Bonchev–Trinajstić information content (AvgIpc) is 3.71. The first-order valence-corrected chi connectivity index (χ1v) is 17.0. The molecule has 3 heterocycles. The summed E-state index contributed by atoms with van der Waals surface area (Å²) in [4.78, 5) is 10.6. The third-order valence-electron chi connectivity index (χ3n) is 9.39. The Kier molecular flexibility index (Phi) is 6.05. The Morgan fingerprint density at radius 3 is 1.98 bits per heavy atom. The van der Waals surface area contributed by atoms with Crippen molar-refractivity contribution >= 4 is 64.2 Å². The molecule has 0 atom stereocenters. The van der Waals surface area contributed by atoms with Crippen LogP contribution in [-0.2, 0) is 0 Å². The quantitative estimate of drug-likeness (QED) is 0.194. The van der Waals surface area contributed by atoms with Gasteiger partial charge in [0.25, 0.3) is 0 Å².